The predicted octanol–water partition coefficient (Wildman–Crippen LogP) is -0.842. The minimum atomic E-state index is -1.91. The molecule has 1 aliphatic rings. The lowest BCUT2D eigenvalue weighted by Crippen LogP contribution is -2.54. The second-order valence-corrected chi connectivity index (χ2v) is 3.35. The van der Waals surface area contributed by atoms with Crippen LogP contribution in [0.2, 0.25) is 6.82 Å². The Kier molecular flexibility index (Phi) is 3.33. The summed E-state index contributed by atoms with van der Waals surface area (Å²) in [7, 11) is -0.954. The molecule has 15 heavy (non-hydrogen) atoms. The first kappa shape index (κ1) is 12.0. The van der Waals surface area contributed by atoms with Gasteiger partial charge >= 0.3 is 19.1 Å². The highest BCUT2D eigenvalue weighted by Crippen LogP contribution is 2.29. The number of hydrogen-bond donors (Lipinski definition) is 3. The molecule has 0 aliphatic carbocycles. The number of aliphatic hydroxyl groups is 1. The van der Waals surface area contributed by atoms with E-state index in [1.807, 2.05) is 0 Å². The quantitative estimate of drug-likeness (QED) is 0.529. The van der Waals surface area contributed by atoms with Crippen molar-refractivity contribution in [3.05, 3.63) is 0 Å². The van der Waals surface area contributed by atoms with Gasteiger partial charge in [0.15, 0.2) is 5.60 Å². The summed E-state index contributed by atoms with van der Waals surface area (Å²) in [5, 5.41) is 26.7. The van der Waals surface area contributed by atoms with Gasteiger partial charge in [0.25, 0.3) is 0 Å². The molecule has 0 aromatic rings. The Hall–Kier alpha value is -1.12. The average molecular weight is 218 g/mol. The van der Waals surface area contributed by atoms with Gasteiger partial charge in [-0.15, -0.1) is 0 Å². The van der Waals surface area contributed by atoms with Crippen molar-refractivity contribution >= 4 is 19.1 Å². The molecule has 0 saturated carbocycles. The van der Waals surface area contributed by atoms with E-state index in [0.717, 1.165) is 0 Å². The fraction of sp³-hybridized carbons (Fsp3) is 0.714. The van der Waals surface area contributed by atoms with Crippen LogP contribution < -0.4 is 0 Å². The SMILES string of the molecule is CB1OC(O)CC(CC(=O)O)(C(=O)O)O1. The van der Waals surface area contributed by atoms with Crippen LogP contribution in [0.5, 0.6) is 0 Å². The maximum Gasteiger partial charge on any atom is 0.456 e. The molecule has 1 heterocycles. The van der Waals surface area contributed by atoms with Gasteiger partial charge in [0, 0.05) is 6.42 Å². The Balaban J connectivity index is 2.89. The summed E-state index contributed by atoms with van der Waals surface area (Å²) in [4.78, 5) is 21.5. The van der Waals surface area contributed by atoms with Gasteiger partial charge in [-0.3, -0.25) is 4.79 Å². The zero-order valence-corrected chi connectivity index (χ0v) is 8.04. The molecule has 2 atom stereocenters. The Morgan fingerprint density at radius 3 is 2.53 bits per heavy atom. The Bertz CT molecular complexity index is 269. The van der Waals surface area contributed by atoms with Crippen LogP contribution >= 0.6 is 0 Å². The molecule has 1 saturated heterocycles. The van der Waals surface area contributed by atoms with Crippen molar-refractivity contribution in [2.45, 2.75) is 31.6 Å². The molecule has 8 heteroatoms. The molecule has 1 fully saturated rings. The summed E-state index contributed by atoms with van der Waals surface area (Å²) in [6.45, 7) is 1.39. The summed E-state index contributed by atoms with van der Waals surface area (Å²) < 4.78 is 9.70. The van der Waals surface area contributed by atoms with Gasteiger partial charge in [-0.1, -0.05) is 0 Å². The molecule has 2 unspecified atom stereocenters. The molecule has 84 valence electrons. The molecule has 0 bridgehead atoms. The first-order valence-corrected chi connectivity index (χ1v) is 4.32. The van der Waals surface area contributed by atoms with Crippen molar-refractivity contribution in [2.75, 3.05) is 0 Å². The molecule has 1 aliphatic heterocycles. The van der Waals surface area contributed by atoms with E-state index in [1.165, 1.54) is 6.82 Å². The van der Waals surface area contributed by atoms with Crippen molar-refractivity contribution in [1.29, 1.82) is 0 Å². The first-order valence-electron chi connectivity index (χ1n) is 4.32. The maximum absolute atomic E-state index is 10.9. The molecule has 0 radical (unpaired) electrons. The summed E-state index contributed by atoms with van der Waals surface area (Å²) in [6.07, 6.45) is -2.45. The van der Waals surface area contributed by atoms with Gasteiger partial charge in [0.2, 0.25) is 0 Å². The Morgan fingerprint density at radius 2 is 2.13 bits per heavy atom. The van der Waals surface area contributed by atoms with E-state index in [2.05, 4.69) is 0 Å². The van der Waals surface area contributed by atoms with Crippen LogP contribution in [0, 0.1) is 0 Å². The first-order chi connectivity index (χ1) is 6.85. The van der Waals surface area contributed by atoms with E-state index in [9.17, 15) is 14.7 Å². The van der Waals surface area contributed by atoms with Gasteiger partial charge in [-0.25, -0.2) is 4.79 Å². The molecular formula is C7H11BO7. The molecule has 1 rings (SSSR count). The summed E-state index contributed by atoms with van der Waals surface area (Å²) in [6, 6.07) is 0. The lowest BCUT2D eigenvalue weighted by Gasteiger charge is -2.37. The maximum atomic E-state index is 10.9. The number of carbonyl (C=O) groups is 2. The fourth-order valence-electron chi connectivity index (χ4n) is 1.52. The monoisotopic (exact) mass is 218 g/mol. The average Bonchev–Trinajstić information content (AvgIpc) is 1.99. The predicted molar refractivity (Wildman–Crippen MR) is 47.0 cm³/mol. The molecule has 7 nitrogen and oxygen atoms in total. The lowest BCUT2D eigenvalue weighted by atomic mass is 9.84. The van der Waals surface area contributed by atoms with E-state index >= 15 is 0 Å². The van der Waals surface area contributed by atoms with E-state index in [0.29, 0.717) is 0 Å². The molecule has 0 aromatic heterocycles. The van der Waals surface area contributed by atoms with Crippen LogP contribution in [0.4, 0.5) is 0 Å². The largest absolute Gasteiger partial charge is 0.481 e. The highest BCUT2D eigenvalue weighted by Gasteiger charge is 2.49. The lowest BCUT2D eigenvalue weighted by molar-refractivity contribution is -0.186. The number of carboxylic acid groups (broad SMARTS) is 2. The minimum Gasteiger partial charge on any atom is -0.481 e. The molecule has 0 spiro atoms. The smallest absolute Gasteiger partial charge is 0.456 e. The van der Waals surface area contributed by atoms with E-state index in [1.54, 1.807) is 0 Å². The summed E-state index contributed by atoms with van der Waals surface area (Å²) in [5.74, 6) is -2.72. The van der Waals surface area contributed by atoms with Crippen molar-refractivity contribution in [3.8, 4) is 0 Å². The number of rotatable bonds is 3. The third kappa shape index (κ3) is 2.68. The van der Waals surface area contributed by atoms with Crippen molar-refractivity contribution in [3.63, 3.8) is 0 Å². The van der Waals surface area contributed by atoms with Crippen LogP contribution in [0.1, 0.15) is 12.8 Å². The van der Waals surface area contributed by atoms with Gasteiger partial charge in [0.1, 0.15) is 6.29 Å². The molecule has 3 N–H and O–H groups in total. The van der Waals surface area contributed by atoms with E-state index in [-0.39, 0.29) is 0 Å². The highest BCUT2D eigenvalue weighted by atomic mass is 16.7. The number of hydrogen-bond acceptors (Lipinski definition) is 5. The van der Waals surface area contributed by atoms with Crippen molar-refractivity contribution in [2.24, 2.45) is 0 Å². The van der Waals surface area contributed by atoms with Crippen LogP contribution in [-0.4, -0.2) is 46.3 Å². The summed E-state index contributed by atoms with van der Waals surface area (Å²) in [5.41, 5.74) is -1.91. The second-order valence-electron chi connectivity index (χ2n) is 3.35. The number of aliphatic carboxylic acids is 2. The Labute approximate surface area is 85.7 Å². The van der Waals surface area contributed by atoms with Gasteiger partial charge in [-0.05, 0) is 6.82 Å². The van der Waals surface area contributed by atoms with Crippen molar-refractivity contribution < 1.29 is 34.2 Å². The fourth-order valence-corrected chi connectivity index (χ4v) is 1.52. The van der Waals surface area contributed by atoms with Gasteiger partial charge in [-0.2, -0.15) is 0 Å². The van der Waals surface area contributed by atoms with Crippen LogP contribution in [0.3, 0.4) is 0 Å². The molecule has 0 aromatic carbocycles. The zero-order chi connectivity index (χ0) is 11.6. The topological polar surface area (TPSA) is 113 Å². The second kappa shape index (κ2) is 4.17. The van der Waals surface area contributed by atoms with Gasteiger partial charge < -0.3 is 24.6 Å². The van der Waals surface area contributed by atoms with Crippen LogP contribution in [0.15, 0.2) is 0 Å². The third-order valence-electron chi connectivity index (χ3n) is 2.07. The normalized spacial score (nSPS) is 31.3. The van der Waals surface area contributed by atoms with E-state index in [4.69, 9.17) is 19.5 Å². The highest BCUT2D eigenvalue weighted by molar-refractivity contribution is 6.43. The van der Waals surface area contributed by atoms with Crippen molar-refractivity contribution in [1.82, 2.24) is 0 Å². The number of carboxylic acids is 2. The Morgan fingerprint density at radius 1 is 1.53 bits per heavy atom. The standard InChI is InChI=1S/C7H11BO7/c1-8-14-5(11)3-7(15-8,6(12)13)2-4(9)10/h5,11H,2-3H2,1H3,(H,9,10)(H,12,13). The van der Waals surface area contributed by atoms with Crippen LogP contribution in [-0.2, 0) is 18.9 Å². The number of aliphatic hydroxyl groups excluding tert-OH is 1. The minimum absolute atomic E-state index is 0.404. The third-order valence-corrected chi connectivity index (χ3v) is 2.07. The van der Waals surface area contributed by atoms with Gasteiger partial charge in [0.05, 0.1) is 6.42 Å². The molecule has 0 amide bonds. The van der Waals surface area contributed by atoms with E-state index < -0.39 is 43.8 Å². The summed E-state index contributed by atoms with van der Waals surface area (Å²) >= 11 is 0. The molecular weight excluding hydrogens is 207 g/mol. The van der Waals surface area contributed by atoms with Crippen LogP contribution in [0.25, 0.3) is 0 Å². The zero-order valence-electron chi connectivity index (χ0n) is 8.04.